The van der Waals surface area contributed by atoms with E-state index >= 15 is 0 Å². The van der Waals surface area contributed by atoms with Crippen molar-refractivity contribution in [2.24, 2.45) is 0 Å². The van der Waals surface area contributed by atoms with E-state index in [1.165, 1.54) is 0 Å². The summed E-state index contributed by atoms with van der Waals surface area (Å²) in [6, 6.07) is 7.62. The second kappa shape index (κ2) is 8.55. The number of fused-ring (bicyclic) bond motifs is 1. The minimum atomic E-state index is -0.0665. The van der Waals surface area contributed by atoms with Crippen molar-refractivity contribution in [3.05, 3.63) is 41.6 Å². The van der Waals surface area contributed by atoms with Gasteiger partial charge in [0.2, 0.25) is 0 Å². The number of anilines is 1. The van der Waals surface area contributed by atoms with Crippen molar-refractivity contribution in [1.29, 1.82) is 0 Å². The van der Waals surface area contributed by atoms with E-state index in [4.69, 9.17) is 20.2 Å². The number of methoxy groups -OCH3 is 1. The molecule has 0 saturated carbocycles. The minimum Gasteiger partial charge on any atom is -0.496 e. The first kappa shape index (κ1) is 21.1. The molecule has 2 N–H and O–H groups in total. The number of amides is 1. The molecule has 4 rings (SSSR count). The SMILES string of the molecule is COc1ccc(-c2ccn3nc(N)c(C(C)C)c3n2)cc1C(=O)N(C)C1CCOCC1. The fourth-order valence-corrected chi connectivity index (χ4v) is 4.14. The molecule has 2 aromatic heterocycles. The van der Waals surface area contributed by atoms with Gasteiger partial charge in [0.05, 0.1) is 18.4 Å². The molecule has 0 unspecified atom stereocenters. The van der Waals surface area contributed by atoms with Gasteiger partial charge >= 0.3 is 0 Å². The number of nitrogens with zero attached hydrogens (tertiary/aromatic N) is 4. The van der Waals surface area contributed by atoms with E-state index in [2.05, 4.69) is 18.9 Å². The lowest BCUT2D eigenvalue weighted by atomic mass is 10.0. The van der Waals surface area contributed by atoms with Gasteiger partial charge in [-0.2, -0.15) is 0 Å². The summed E-state index contributed by atoms with van der Waals surface area (Å²) in [5, 5.41) is 4.36. The van der Waals surface area contributed by atoms with Crippen LogP contribution in [-0.2, 0) is 4.74 Å². The maximum Gasteiger partial charge on any atom is 0.257 e. The summed E-state index contributed by atoms with van der Waals surface area (Å²) in [5.41, 5.74) is 9.86. The van der Waals surface area contributed by atoms with E-state index in [0.29, 0.717) is 30.3 Å². The molecule has 31 heavy (non-hydrogen) atoms. The van der Waals surface area contributed by atoms with Crippen LogP contribution in [0.5, 0.6) is 5.75 Å². The van der Waals surface area contributed by atoms with Crippen molar-refractivity contribution in [2.75, 3.05) is 33.1 Å². The van der Waals surface area contributed by atoms with Crippen molar-refractivity contribution >= 4 is 17.4 Å². The minimum absolute atomic E-state index is 0.0665. The van der Waals surface area contributed by atoms with Crippen molar-refractivity contribution in [1.82, 2.24) is 19.5 Å². The highest BCUT2D eigenvalue weighted by molar-refractivity contribution is 5.98. The quantitative estimate of drug-likeness (QED) is 0.676. The van der Waals surface area contributed by atoms with Crippen LogP contribution in [0.15, 0.2) is 30.5 Å². The number of carbonyl (C=O) groups is 1. The van der Waals surface area contributed by atoms with Crippen molar-refractivity contribution in [2.45, 2.75) is 38.6 Å². The molecule has 1 aromatic carbocycles. The average molecular weight is 424 g/mol. The second-order valence-corrected chi connectivity index (χ2v) is 8.21. The third-order valence-corrected chi connectivity index (χ3v) is 5.91. The lowest BCUT2D eigenvalue weighted by Crippen LogP contribution is -2.40. The van der Waals surface area contributed by atoms with Gasteiger partial charge in [-0.25, -0.2) is 9.50 Å². The van der Waals surface area contributed by atoms with Crippen LogP contribution in [0, 0.1) is 0 Å². The fraction of sp³-hybridized carbons (Fsp3) is 0.435. The molecule has 8 heteroatoms. The number of benzene rings is 1. The molecule has 3 heterocycles. The summed E-state index contributed by atoms with van der Waals surface area (Å²) in [5.74, 6) is 1.16. The van der Waals surface area contributed by atoms with Gasteiger partial charge in [0.25, 0.3) is 5.91 Å². The largest absolute Gasteiger partial charge is 0.496 e. The Hall–Kier alpha value is -3.13. The van der Waals surface area contributed by atoms with Crippen LogP contribution in [0.25, 0.3) is 16.9 Å². The maximum atomic E-state index is 13.3. The number of aromatic nitrogens is 3. The van der Waals surface area contributed by atoms with Crippen molar-refractivity contribution in [3.8, 4) is 17.0 Å². The number of nitrogen functional groups attached to an aromatic ring is 1. The fourth-order valence-electron chi connectivity index (χ4n) is 4.14. The Morgan fingerprint density at radius 1 is 1.29 bits per heavy atom. The Labute approximate surface area is 182 Å². The number of hydrogen-bond acceptors (Lipinski definition) is 6. The number of ether oxygens (including phenoxy) is 2. The van der Waals surface area contributed by atoms with Gasteiger partial charge in [0.15, 0.2) is 11.5 Å². The molecule has 1 aliphatic rings. The molecule has 1 fully saturated rings. The van der Waals surface area contributed by atoms with Gasteiger partial charge in [-0.3, -0.25) is 4.79 Å². The molecule has 1 saturated heterocycles. The van der Waals surface area contributed by atoms with Crippen LogP contribution in [-0.4, -0.2) is 58.8 Å². The van der Waals surface area contributed by atoms with Crippen LogP contribution < -0.4 is 10.5 Å². The summed E-state index contributed by atoms with van der Waals surface area (Å²) in [7, 11) is 3.42. The predicted molar refractivity (Wildman–Crippen MR) is 119 cm³/mol. The zero-order valence-corrected chi connectivity index (χ0v) is 18.5. The Morgan fingerprint density at radius 2 is 2.03 bits per heavy atom. The first-order valence-corrected chi connectivity index (χ1v) is 10.6. The average Bonchev–Trinajstić information content (AvgIpc) is 3.13. The molecule has 1 amide bonds. The lowest BCUT2D eigenvalue weighted by Gasteiger charge is -2.31. The molecular weight excluding hydrogens is 394 g/mol. The molecule has 0 radical (unpaired) electrons. The number of nitrogens with two attached hydrogens (primary N) is 1. The Morgan fingerprint density at radius 3 is 2.71 bits per heavy atom. The summed E-state index contributed by atoms with van der Waals surface area (Å²) in [4.78, 5) is 19.9. The summed E-state index contributed by atoms with van der Waals surface area (Å²) in [6.45, 7) is 5.49. The third kappa shape index (κ3) is 3.95. The summed E-state index contributed by atoms with van der Waals surface area (Å²) in [6.07, 6.45) is 3.52. The zero-order chi connectivity index (χ0) is 22.1. The smallest absolute Gasteiger partial charge is 0.257 e. The standard InChI is InChI=1S/C23H29N5O3/c1-14(2)20-21(24)26-28-10-7-18(25-22(20)28)15-5-6-19(30-4)17(13-15)23(29)27(3)16-8-11-31-12-9-16/h5-7,10,13-14,16H,8-9,11-12H2,1-4H3,(H2,24,26). The van der Waals surface area contributed by atoms with E-state index in [1.807, 2.05) is 37.5 Å². The third-order valence-electron chi connectivity index (χ3n) is 5.91. The molecule has 0 aliphatic carbocycles. The lowest BCUT2D eigenvalue weighted by molar-refractivity contribution is 0.0360. The van der Waals surface area contributed by atoms with Crippen LogP contribution in [0.2, 0.25) is 0 Å². The number of hydrogen-bond donors (Lipinski definition) is 1. The van der Waals surface area contributed by atoms with Crippen LogP contribution in [0.3, 0.4) is 0 Å². The molecule has 0 spiro atoms. The second-order valence-electron chi connectivity index (χ2n) is 8.21. The number of rotatable bonds is 5. The maximum absolute atomic E-state index is 13.3. The molecule has 164 valence electrons. The predicted octanol–water partition coefficient (Wildman–Crippen LogP) is 3.36. The molecule has 8 nitrogen and oxygen atoms in total. The van der Waals surface area contributed by atoms with Gasteiger partial charge in [-0.1, -0.05) is 13.8 Å². The normalized spacial score (nSPS) is 14.9. The molecule has 0 atom stereocenters. The van der Waals surface area contributed by atoms with Gasteiger partial charge in [0, 0.05) is 43.6 Å². The summed E-state index contributed by atoms with van der Waals surface area (Å²) < 4.78 is 12.6. The zero-order valence-electron chi connectivity index (χ0n) is 18.5. The first-order valence-electron chi connectivity index (χ1n) is 10.6. The molecule has 1 aliphatic heterocycles. The molecular formula is C23H29N5O3. The van der Waals surface area contributed by atoms with Crippen LogP contribution in [0.1, 0.15) is 48.5 Å². The molecule has 0 bridgehead atoms. The first-order chi connectivity index (χ1) is 14.9. The topological polar surface area (TPSA) is 95.0 Å². The van der Waals surface area contributed by atoms with E-state index in [1.54, 1.807) is 16.5 Å². The highest BCUT2D eigenvalue weighted by atomic mass is 16.5. The highest BCUT2D eigenvalue weighted by Gasteiger charge is 2.26. The van der Waals surface area contributed by atoms with Gasteiger partial charge in [0.1, 0.15) is 5.75 Å². The van der Waals surface area contributed by atoms with Crippen LogP contribution >= 0.6 is 0 Å². The number of carbonyl (C=O) groups excluding carboxylic acids is 1. The Balaban J connectivity index is 1.73. The summed E-state index contributed by atoms with van der Waals surface area (Å²) >= 11 is 0. The van der Waals surface area contributed by atoms with E-state index in [9.17, 15) is 4.79 Å². The van der Waals surface area contributed by atoms with E-state index < -0.39 is 0 Å². The van der Waals surface area contributed by atoms with Gasteiger partial charge in [-0.05, 0) is 43.0 Å². The van der Waals surface area contributed by atoms with E-state index in [-0.39, 0.29) is 17.9 Å². The Kier molecular flexibility index (Phi) is 5.82. The van der Waals surface area contributed by atoms with E-state index in [0.717, 1.165) is 35.3 Å². The van der Waals surface area contributed by atoms with Gasteiger partial charge in [-0.15, -0.1) is 5.10 Å². The Bertz CT molecular complexity index is 1100. The van der Waals surface area contributed by atoms with Gasteiger partial charge < -0.3 is 20.1 Å². The monoisotopic (exact) mass is 423 g/mol. The van der Waals surface area contributed by atoms with Crippen molar-refractivity contribution < 1.29 is 14.3 Å². The molecule has 3 aromatic rings. The van der Waals surface area contributed by atoms with Crippen LogP contribution in [0.4, 0.5) is 5.82 Å². The highest BCUT2D eigenvalue weighted by Crippen LogP contribution is 2.30. The van der Waals surface area contributed by atoms with Crippen molar-refractivity contribution in [3.63, 3.8) is 0 Å².